The number of nitrogens with zero attached hydrogens (tertiary/aromatic N) is 5. The lowest BCUT2D eigenvalue weighted by Gasteiger charge is -2.23. The molecule has 0 aliphatic carbocycles. The number of nitrogens with one attached hydrogen (secondary N) is 1. The summed E-state index contributed by atoms with van der Waals surface area (Å²) in [7, 11) is 0. The second-order valence-corrected chi connectivity index (χ2v) is 5.45. The summed E-state index contributed by atoms with van der Waals surface area (Å²) < 4.78 is 5.58. The van der Waals surface area contributed by atoms with E-state index in [2.05, 4.69) is 20.3 Å². The van der Waals surface area contributed by atoms with Gasteiger partial charge in [0, 0.05) is 18.0 Å². The minimum absolute atomic E-state index is 0.122. The van der Waals surface area contributed by atoms with Crippen LogP contribution in [-0.2, 0) is 0 Å². The van der Waals surface area contributed by atoms with E-state index < -0.39 is 0 Å². The average molecular weight is 333 g/mol. The topological polar surface area (TPSA) is 71.2 Å². The van der Waals surface area contributed by atoms with Gasteiger partial charge in [-0.2, -0.15) is 4.99 Å². The van der Waals surface area contributed by atoms with Gasteiger partial charge in [-0.25, -0.2) is 0 Å². The monoisotopic (exact) mass is 333 g/mol. The summed E-state index contributed by atoms with van der Waals surface area (Å²) in [6.45, 7) is 2.60. The van der Waals surface area contributed by atoms with Gasteiger partial charge in [-0.3, -0.25) is 9.98 Å². The highest BCUT2D eigenvalue weighted by Gasteiger charge is 2.42. The zero-order valence-corrected chi connectivity index (χ0v) is 13.7. The van der Waals surface area contributed by atoms with Crippen LogP contribution in [0.5, 0.6) is 5.75 Å². The second-order valence-electron chi connectivity index (χ2n) is 5.45. The van der Waals surface area contributed by atoms with Crippen molar-refractivity contribution in [1.82, 2.24) is 9.58 Å². The van der Waals surface area contributed by atoms with Crippen LogP contribution in [0.2, 0.25) is 0 Å². The summed E-state index contributed by atoms with van der Waals surface area (Å²) in [5, 5.41) is 7.99. The smallest absolute Gasteiger partial charge is 0.287 e. The average Bonchev–Trinajstić information content (AvgIpc) is 3.03. The normalized spacial score (nSPS) is 20.7. The predicted octanol–water partition coefficient (Wildman–Crippen LogP) is 3.14. The Morgan fingerprint density at radius 2 is 2.04 bits per heavy atom. The molecular formula is C18H17N6O+. The lowest BCUT2D eigenvalue weighted by Crippen LogP contribution is -2.44. The van der Waals surface area contributed by atoms with E-state index in [4.69, 9.17) is 9.84 Å². The minimum atomic E-state index is 0.122. The van der Waals surface area contributed by atoms with E-state index in [0.29, 0.717) is 18.4 Å². The number of amidine groups is 1. The lowest BCUT2D eigenvalue weighted by atomic mass is 10.3. The van der Waals surface area contributed by atoms with Gasteiger partial charge in [-0.1, -0.05) is 4.59 Å². The first kappa shape index (κ1) is 15.2. The van der Waals surface area contributed by atoms with Crippen molar-refractivity contribution < 1.29 is 4.74 Å². The van der Waals surface area contributed by atoms with Crippen LogP contribution in [0, 0.1) is 0 Å². The Morgan fingerprint density at radius 1 is 1.16 bits per heavy atom. The van der Waals surface area contributed by atoms with Crippen LogP contribution in [0.15, 0.2) is 76.3 Å². The van der Waals surface area contributed by atoms with Gasteiger partial charge in [-0.15, -0.1) is 0 Å². The molecule has 1 aromatic heterocycles. The van der Waals surface area contributed by atoms with Crippen LogP contribution in [0.25, 0.3) is 0 Å². The standard InChI is InChI=1S/C18H17N6O/c1-2-25-16-7-5-14(6-8-16)21-18-22-17-13-20-10-11-24(17,23-18)15-4-3-9-19-12-15/h3-13H,2H2,1H3,(H,21,23)/q+1. The molecule has 1 unspecified atom stereocenters. The zero-order chi connectivity index (χ0) is 17.1. The highest BCUT2D eigenvalue weighted by atomic mass is 16.5. The number of guanidine groups is 1. The van der Waals surface area contributed by atoms with Crippen LogP contribution in [0.4, 0.5) is 11.4 Å². The quantitative estimate of drug-likeness (QED) is 0.874. The fourth-order valence-corrected chi connectivity index (χ4v) is 2.69. The van der Waals surface area contributed by atoms with Gasteiger partial charge in [-0.05, 0) is 42.4 Å². The summed E-state index contributed by atoms with van der Waals surface area (Å²) in [6.07, 6.45) is 8.82. The number of aliphatic imine (C=N–C) groups is 2. The van der Waals surface area contributed by atoms with Gasteiger partial charge >= 0.3 is 0 Å². The summed E-state index contributed by atoms with van der Waals surface area (Å²) in [6, 6.07) is 11.5. The molecule has 3 heterocycles. The summed E-state index contributed by atoms with van der Waals surface area (Å²) in [5.41, 5.74) is 1.78. The molecule has 1 N–H and O–H groups in total. The van der Waals surface area contributed by atoms with Crippen LogP contribution < -0.4 is 14.6 Å². The van der Waals surface area contributed by atoms with Crippen molar-refractivity contribution in [3.05, 3.63) is 61.2 Å². The first-order chi connectivity index (χ1) is 12.3. The van der Waals surface area contributed by atoms with E-state index in [1.807, 2.05) is 49.5 Å². The highest BCUT2D eigenvalue weighted by Crippen LogP contribution is 2.30. The largest absolute Gasteiger partial charge is 0.494 e. The Kier molecular flexibility index (Phi) is 3.83. The Morgan fingerprint density at radius 3 is 2.80 bits per heavy atom. The molecule has 2 aliphatic heterocycles. The summed E-state index contributed by atoms with van der Waals surface area (Å²) in [5.74, 6) is 2.06. The zero-order valence-electron chi connectivity index (χ0n) is 13.7. The van der Waals surface area contributed by atoms with E-state index >= 15 is 0 Å². The van der Waals surface area contributed by atoms with Crippen molar-refractivity contribution in [2.75, 3.05) is 11.9 Å². The molecule has 4 rings (SSSR count). The molecule has 7 heteroatoms. The SMILES string of the molecule is CCOc1ccc(NC2=N[N+]3(c4cccnc4)C=CN=CC3=N2)cc1. The number of hydrogen-bond acceptors (Lipinski definition) is 6. The molecule has 7 nitrogen and oxygen atoms in total. The molecule has 1 aromatic carbocycles. The van der Waals surface area contributed by atoms with Crippen molar-refractivity contribution in [3.8, 4) is 5.75 Å². The van der Waals surface area contributed by atoms with Crippen LogP contribution in [0.1, 0.15) is 6.92 Å². The first-order valence-electron chi connectivity index (χ1n) is 8.00. The third kappa shape index (κ3) is 2.81. The molecule has 0 fully saturated rings. The number of ether oxygens (including phenoxy) is 1. The molecule has 124 valence electrons. The third-order valence-electron chi connectivity index (χ3n) is 3.84. The molecule has 2 aromatic rings. The third-order valence-corrected chi connectivity index (χ3v) is 3.84. The van der Waals surface area contributed by atoms with Crippen LogP contribution >= 0.6 is 0 Å². The maximum Gasteiger partial charge on any atom is 0.287 e. The van der Waals surface area contributed by atoms with Gasteiger partial charge in [0.05, 0.1) is 19.0 Å². The van der Waals surface area contributed by atoms with Gasteiger partial charge in [0.15, 0.2) is 11.9 Å². The summed E-state index contributed by atoms with van der Waals surface area (Å²) >= 11 is 0. The molecule has 25 heavy (non-hydrogen) atoms. The number of hydrogen-bond donors (Lipinski definition) is 1. The number of pyridine rings is 1. The number of quaternary nitrogens is 1. The highest BCUT2D eigenvalue weighted by molar-refractivity contribution is 6.38. The second kappa shape index (κ2) is 6.29. The number of anilines is 1. The Balaban J connectivity index is 1.64. The number of benzene rings is 1. The van der Waals surface area contributed by atoms with Crippen LogP contribution in [-0.4, -0.2) is 29.6 Å². The molecule has 1 atom stereocenters. The molecule has 0 radical (unpaired) electrons. The molecule has 0 bridgehead atoms. The number of aromatic nitrogens is 1. The Labute approximate surface area is 145 Å². The number of fused-ring (bicyclic) bond motifs is 1. The van der Waals surface area contributed by atoms with Crippen LogP contribution in [0.3, 0.4) is 0 Å². The summed E-state index contributed by atoms with van der Waals surface area (Å²) in [4.78, 5) is 13.0. The molecule has 2 aliphatic rings. The molecule has 0 amide bonds. The van der Waals surface area contributed by atoms with Crippen molar-refractivity contribution in [1.29, 1.82) is 0 Å². The maximum atomic E-state index is 5.46. The fourth-order valence-electron chi connectivity index (χ4n) is 2.69. The minimum Gasteiger partial charge on any atom is -0.494 e. The maximum absolute atomic E-state index is 5.46. The Hall–Kier alpha value is -3.32. The van der Waals surface area contributed by atoms with E-state index in [9.17, 15) is 0 Å². The van der Waals surface area contributed by atoms with Gasteiger partial charge in [0.1, 0.15) is 12.0 Å². The first-order valence-corrected chi connectivity index (χ1v) is 8.00. The van der Waals surface area contributed by atoms with E-state index in [0.717, 1.165) is 17.1 Å². The Bertz CT molecular complexity index is 886. The van der Waals surface area contributed by atoms with Crippen molar-refractivity contribution >= 4 is 29.4 Å². The predicted molar refractivity (Wildman–Crippen MR) is 99.8 cm³/mol. The van der Waals surface area contributed by atoms with Crippen molar-refractivity contribution in [2.24, 2.45) is 15.1 Å². The molecule has 0 saturated heterocycles. The molecule has 0 spiro atoms. The van der Waals surface area contributed by atoms with Gasteiger partial charge < -0.3 is 10.1 Å². The molecular weight excluding hydrogens is 316 g/mol. The van der Waals surface area contributed by atoms with Gasteiger partial charge in [0.25, 0.3) is 11.8 Å². The molecule has 0 saturated carbocycles. The number of rotatable bonds is 4. The fraction of sp³-hybridized carbons (Fsp3) is 0.111. The van der Waals surface area contributed by atoms with Crippen molar-refractivity contribution in [3.63, 3.8) is 0 Å². The lowest BCUT2D eigenvalue weighted by molar-refractivity contribution is 0.340. The van der Waals surface area contributed by atoms with Crippen molar-refractivity contribution in [2.45, 2.75) is 6.92 Å². The van der Waals surface area contributed by atoms with E-state index in [1.165, 1.54) is 0 Å². The van der Waals surface area contributed by atoms with E-state index in [-0.39, 0.29) is 4.59 Å². The van der Waals surface area contributed by atoms with E-state index in [1.54, 1.807) is 24.8 Å². The van der Waals surface area contributed by atoms with Gasteiger partial charge in [0.2, 0.25) is 0 Å².